The predicted octanol–water partition coefficient (Wildman–Crippen LogP) is 2.29. The number of Topliss-reactive ketones (excluding diaryl/α,β-unsaturated/α-hetero) is 1. The van der Waals surface area contributed by atoms with Gasteiger partial charge in [0.1, 0.15) is 0 Å². The van der Waals surface area contributed by atoms with Crippen molar-refractivity contribution in [2.75, 3.05) is 19.0 Å². The third-order valence-electron chi connectivity index (χ3n) is 4.86. The molecule has 0 saturated carbocycles. The molecule has 5 heteroatoms. The van der Waals surface area contributed by atoms with Crippen LogP contribution in [0.5, 0.6) is 0 Å². The smallest absolute Gasteiger partial charge is 0.168 e. The minimum atomic E-state index is -2.97. The summed E-state index contributed by atoms with van der Waals surface area (Å²) >= 11 is 0. The fourth-order valence-electron chi connectivity index (χ4n) is 3.71. The van der Waals surface area contributed by atoms with E-state index >= 15 is 0 Å². The quantitative estimate of drug-likeness (QED) is 0.804. The monoisotopic (exact) mass is 307 g/mol. The maximum absolute atomic E-state index is 12.8. The summed E-state index contributed by atoms with van der Waals surface area (Å²) in [5, 5.41) is -0.589. The van der Waals surface area contributed by atoms with Gasteiger partial charge in [0, 0.05) is 31.3 Å². The molecule has 0 aliphatic carbocycles. The van der Waals surface area contributed by atoms with E-state index in [0.29, 0.717) is 18.4 Å². The number of sulfone groups is 1. The van der Waals surface area contributed by atoms with Crippen LogP contribution >= 0.6 is 0 Å². The number of fused-ring (bicyclic) bond motifs is 2. The second-order valence-electron chi connectivity index (χ2n) is 6.35. The average Bonchev–Trinajstić information content (AvgIpc) is 2.66. The third-order valence-corrected chi connectivity index (χ3v) is 7.57. The van der Waals surface area contributed by atoms with Gasteiger partial charge in [0.2, 0.25) is 0 Å². The van der Waals surface area contributed by atoms with Crippen LogP contribution in [0, 0.1) is 5.92 Å². The van der Waals surface area contributed by atoms with Crippen LogP contribution in [0.1, 0.15) is 36.0 Å². The summed E-state index contributed by atoms with van der Waals surface area (Å²) in [5.41, 5.74) is 1.62. The van der Waals surface area contributed by atoms with Gasteiger partial charge in [-0.25, -0.2) is 8.42 Å². The second-order valence-corrected chi connectivity index (χ2v) is 8.87. The standard InChI is InChI=1S/C16H21NO3S/c1-17(2)15-6-4-3-5-14(15)16(18)11-9-12-7-8-13(10-11)21(12,19)20/h3-6,11-13H,7-10H2,1-2H3. The number of benzene rings is 1. The van der Waals surface area contributed by atoms with Gasteiger partial charge in [-0.05, 0) is 37.8 Å². The highest BCUT2D eigenvalue weighted by atomic mass is 32.2. The summed E-state index contributed by atoms with van der Waals surface area (Å²) in [7, 11) is 0.869. The zero-order valence-corrected chi connectivity index (χ0v) is 13.3. The number of para-hydroxylation sites is 1. The highest BCUT2D eigenvalue weighted by Gasteiger charge is 2.48. The molecule has 2 atom stereocenters. The van der Waals surface area contributed by atoms with Crippen molar-refractivity contribution in [3.05, 3.63) is 29.8 Å². The minimum absolute atomic E-state index is 0.103. The lowest BCUT2D eigenvalue weighted by atomic mass is 9.89. The van der Waals surface area contributed by atoms with E-state index in [1.54, 1.807) is 0 Å². The zero-order chi connectivity index (χ0) is 15.2. The molecule has 2 bridgehead atoms. The van der Waals surface area contributed by atoms with Crippen molar-refractivity contribution < 1.29 is 13.2 Å². The lowest BCUT2D eigenvalue weighted by Gasteiger charge is -2.28. The SMILES string of the molecule is CN(C)c1ccccc1C(=O)C1CC2CCC(C1)S2(=O)=O. The molecule has 2 fully saturated rings. The van der Waals surface area contributed by atoms with Crippen LogP contribution in [0.4, 0.5) is 5.69 Å². The Labute approximate surface area is 126 Å². The molecule has 2 heterocycles. The van der Waals surface area contributed by atoms with E-state index in [4.69, 9.17) is 0 Å². The van der Waals surface area contributed by atoms with Crippen LogP contribution in [-0.4, -0.2) is 38.8 Å². The maximum Gasteiger partial charge on any atom is 0.168 e. The molecule has 2 unspecified atom stereocenters. The summed E-state index contributed by atoms with van der Waals surface area (Å²) in [5.74, 6) is -0.0433. The fourth-order valence-corrected chi connectivity index (χ4v) is 6.19. The molecular weight excluding hydrogens is 286 g/mol. The minimum Gasteiger partial charge on any atom is -0.377 e. The van der Waals surface area contributed by atoms with Crippen molar-refractivity contribution in [3.8, 4) is 0 Å². The highest BCUT2D eigenvalue weighted by Crippen LogP contribution is 2.42. The molecule has 2 aliphatic heterocycles. The molecule has 0 N–H and O–H groups in total. The Balaban J connectivity index is 1.88. The van der Waals surface area contributed by atoms with E-state index in [2.05, 4.69) is 0 Å². The molecule has 0 aromatic heterocycles. The first-order valence-corrected chi connectivity index (χ1v) is 9.05. The highest BCUT2D eigenvalue weighted by molar-refractivity contribution is 7.93. The van der Waals surface area contributed by atoms with Crippen molar-refractivity contribution in [1.29, 1.82) is 0 Å². The summed E-state index contributed by atoms with van der Waals surface area (Å²) in [4.78, 5) is 14.8. The summed E-state index contributed by atoms with van der Waals surface area (Å²) in [6, 6.07) is 7.57. The average molecular weight is 307 g/mol. The normalized spacial score (nSPS) is 30.1. The summed E-state index contributed by atoms with van der Waals surface area (Å²) < 4.78 is 24.3. The third kappa shape index (κ3) is 2.37. The molecule has 0 amide bonds. The Kier molecular flexibility index (Phi) is 3.56. The van der Waals surface area contributed by atoms with Gasteiger partial charge in [-0.2, -0.15) is 0 Å². The van der Waals surface area contributed by atoms with Crippen LogP contribution in [0.2, 0.25) is 0 Å². The number of rotatable bonds is 3. The van der Waals surface area contributed by atoms with E-state index in [1.807, 2.05) is 43.3 Å². The number of nitrogens with zero attached hydrogens (tertiary/aromatic N) is 1. The van der Waals surface area contributed by atoms with Crippen LogP contribution in [0.3, 0.4) is 0 Å². The predicted molar refractivity (Wildman–Crippen MR) is 83.6 cm³/mol. The van der Waals surface area contributed by atoms with Crippen LogP contribution in [-0.2, 0) is 9.84 Å². The van der Waals surface area contributed by atoms with Crippen LogP contribution in [0.25, 0.3) is 0 Å². The maximum atomic E-state index is 12.8. The van der Waals surface area contributed by atoms with Gasteiger partial charge >= 0.3 is 0 Å². The molecule has 4 nitrogen and oxygen atoms in total. The Morgan fingerprint density at radius 1 is 1.10 bits per heavy atom. The van der Waals surface area contributed by atoms with Gasteiger partial charge in [0.05, 0.1) is 10.5 Å². The van der Waals surface area contributed by atoms with Crippen molar-refractivity contribution in [2.45, 2.75) is 36.2 Å². The summed E-state index contributed by atoms with van der Waals surface area (Å²) in [6.07, 6.45) is 2.46. The topological polar surface area (TPSA) is 54.5 Å². The van der Waals surface area contributed by atoms with Gasteiger partial charge in [0.25, 0.3) is 0 Å². The van der Waals surface area contributed by atoms with E-state index in [1.165, 1.54) is 0 Å². The zero-order valence-electron chi connectivity index (χ0n) is 12.5. The molecule has 2 saturated heterocycles. The van der Waals surface area contributed by atoms with Crippen molar-refractivity contribution in [3.63, 3.8) is 0 Å². The van der Waals surface area contributed by atoms with E-state index in [9.17, 15) is 13.2 Å². The molecule has 3 rings (SSSR count). The lowest BCUT2D eigenvalue weighted by Crippen LogP contribution is -2.36. The molecule has 114 valence electrons. The largest absolute Gasteiger partial charge is 0.377 e. The van der Waals surface area contributed by atoms with Gasteiger partial charge in [-0.1, -0.05) is 12.1 Å². The van der Waals surface area contributed by atoms with Crippen molar-refractivity contribution in [2.24, 2.45) is 5.92 Å². The first-order valence-electron chi connectivity index (χ1n) is 7.44. The number of hydrogen-bond acceptors (Lipinski definition) is 4. The van der Waals surface area contributed by atoms with Crippen LogP contribution < -0.4 is 4.90 Å². The lowest BCUT2D eigenvalue weighted by molar-refractivity contribution is 0.0906. The van der Waals surface area contributed by atoms with Crippen LogP contribution in [0.15, 0.2) is 24.3 Å². The molecule has 2 aliphatic rings. The van der Waals surface area contributed by atoms with Gasteiger partial charge < -0.3 is 4.90 Å². The molecule has 1 aromatic rings. The fraction of sp³-hybridized carbons (Fsp3) is 0.562. The van der Waals surface area contributed by atoms with E-state index < -0.39 is 9.84 Å². The molecular formula is C16H21NO3S. The van der Waals surface area contributed by atoms with Crippen molar-refractivity contribution in [1.82, 2.24) is 0 Å². The van der Waals surface area contributed by atoms with E-state index in [0.717, 1.165) is 18.5 Å². The summed E-state index contributed by atoms with van der Waals surface area (Å²) in [6.45, 7) is 0. The second kappa shape index (κ2) is 5.13. The van der Waals surface area contributed by atoms with Gasteiger partial charge in [0.15, 0.2) is 15.6 Å². The molecule has 0 radical (unpaired) electrons. The number of carbonyl (C=O) groups is 1. The number of hydrogen-bond donors (Lipinski definition) is 0. The number of ketones is 1. The first-order chi connectivity index (χ1) is 9.91. The number of carbonyl (C=O) groups excluding carboxylic acids is 1. The molecule has 21 heavy (non-hydrogen) atoms. The number of anilines is 1. The van der Waals surface area contributed by atoms with Gasteiger partial charge in [-0.3, -0.25) is 4.79 Å². The molecule has 1 aromatic carbocycles. The van der Waals surface area contributed by atoms with E-state index in [-0.39, 0.29) is 22.2 Å². The van der Waals surface area contributed by atoms with Crippen molar-refractivity contribution >= 4 is 21.3 Å². The van der Waals surface area contributed by atoms with Gasteiger partial charge in [-0.15, -0.1) is 0 Å². The Morgan fingerprint density at radius 3 is 2.24 bits per heavy atom. The first kappa shape index (κ1) is 14.6. The molecule has 0 spiro atoms. The Hall–Kier alpha value is -1.36. The Bertz CT molecular complexity index is 646. The Morgan fingerprint density at radius 2 is 1.67 bits per heavy atom.